The molecule has 10 heteroatoms. The third kappa shape index (κ3) is 5.67. The molecule has 2 aromatic rings. The average molecular weight is 541 g/mol. The van der Waals surface area contributed by atoms with E-state index in [-0.39, 0.29) is 17.8 Å². The molecule has 4 rings (SSSR count). The molecule has 2 aliphatic rings. The molecule has 0 atom stereocenters. The number of hydrogen-bond acceptors (Lipinski definition) is 4. The molecule has 1 saturated heterocycles. The molecule has 1 fully saturated rings. The van der Waals surface area contributed by atoms with Crippen molar-refractivity contribution in [3.8, 4) is 5.75 Å². The van der Waals surface area contributed by atoms with Gasteiger partial charge in [0.2, 0.25) is 0 Å². The number of piperazine rings is 1. The number of nitrogens with one attached hydrogen (secondary N) is 2. The first-order chi connectivity index (χ1) is 15.9. The number of alkyl halides is 3. The van der Waals surface area contributed by atoms with Gasteiger partial charge in [0, 0.05) is 54.9 Å². The third-order valence-corrected chi connectivity index (χ3v) is 6.84. The van der Waals surface area contributed by atoms with Gasteiger partial charge in [0.05, 0.1) is 11.3 Å². The predicted octanol–water partition coefficient (Wildman–Crippen LogP) is 5.57. The van der Waals surface area contributed by atoms with Crippen LogP contribution in [0, 0.1) is 0 Å². The van der Waals surface area contributed by atoms with E-state index >= 15 is 0 Å². The van der Waals surface area contributed by atoms with Crippen molar-refractivity contribution in [3.05, 3.63) is 51.5 Å². The number of amides is 2. The fourth-order valence-electron chi connectivity index (χ4n) is 4.31. The lowest BCUT2D eigenvalue weighted by Gasteiger charge is -2.33. The molecule has 0 radical (unpaired) electrons. The monoisotopic (exact) mass is 540 g/mol. The van der Waals surface area contributed by atoms with Crippen LogP contribution in [0.2, 0.25) is 0 Å². The minimum absolute atomic E-state index is 0.0713. The van der Waals surface area contributed by atoms with Gasteiger partial charge in [-0.1, -0.05) is 22.0 Å². The van der Waals surface area contributed by atoms with Crippen molar-refractivity contribution < 1.29 is 22.7 Å². The summed E-state index contributed by atoms with van der Waals surface area (Å²) >= 11 is 3.50. The van der Waals surface area contributed by atoms with Crippen LogP contribution < -0.4 is 15.4 Å². The molecule has 2 aliphatic heterocycles. The van der Waals surface area contributed by atoms with Crippen LogP contribution in [0.1, 0.15) is 30.5 Å². The number of likely N-dealkylation sites (N-methyl/N-ethyl adjacent to an activating group) is 1. The lowest BCUT2D eigenvalue weighted by atomic mass is 10.0. The van der Waals surface area contributed by atoms with Crippen LogP contribution in [-0.2, 0) is 19.1 Å². The fraction of sp³-hybridized carbons (Fsp3) is 0.458. The number of benzene rings is 2. The number of nitrogens with zero attached hydrogens (tertiary/aromatic N) is 2. The highest BCUT2D eigenvalue weighted by Crippen LogP contribution is 2.44. The average Bonchev–Trinajstić information content (AvgIpc) is 3.08. The Morgan fingerprint density at radius 1 is 1.12 bits per heavy atom. The van der Waals surface area contributed by atoms with Gasteiger partial charge in [0.25, 0.3) is 0 Å². The van der Waals surface area contributed by atoms with Crippen molar-refractivity contribution in [2.45, 2.75) is 38.6 Å². The second-order valence-electron chi connectivity index (χ2n) is 9.47. The lowest BCUT2D eigenvalue weighted by molar-refractivity contribution is -0.138. The first kappa shape index (κ1) is 24.8. The topological polar surface area (TPSA) is 56.8 Å². The van der Waals surface area contributed by atoms with E-state index in [1.54, 1.807) is 6.07 Å². The summed E-state index contributed by atoms with van der Waals surface area (Å²) in [5.74, 6) is 0.563. The van der Waals surface area contributed by atoms with Crippen LogP contribution in [0.25, 0.3) is 0 Å². The fourth-order valence-corrected chi connectivity index (χ4v) is 4.76. The molecule has 2 N–H and O–H groups in total. The van der Waals surface area contributed by atoms with Gasteiger partial charge in [-0.25, -0.2) is 4.79 Å². The minimum atomic E-state index is -4.53. The van der Waals surface area contributed by atoms with Gasteiger partial charge in [-0.3, -0.25) is 4.90 Å². The predicted molar refractivity (Wildman–Crippen MR) is 129 cm³/mol. The van der Waals surface area contributed by atoms with E-state index in [4.69, 9.17) is 4.74 Å². The summed E-state index contributed by atoms with van der Waals surface area (Å²) in [6.45, 7) is 7.19. The molecular formula is C24H28BrF3N4O2. The van der Waals surface area contributed by atoms with E-state index < -0.39 is 23.4 Å². The number of anilines is 2. The SMILES string of the molecule is CN1CCN(Cc2ccc(NC(=O)Nc3ccc(Br)c4c3OC(C)(C)C4)cc2C(F)(F)F)CC1. The van der Waals surface area contributed by atoms with Gasteiger partial charge in [0.1, 0.15) is 11.4 Å². The zero-order valence-electron chi connectivity index (χ0n) is 19.4. The van der Waals surface area contributed by atoms with E-state index in [0.717, 1.165) is 29.2 Å². The van der Waals surface area contributed by atoms with Crippen molar-refractivity contribution in [3.63, 3.8) is 0 Å². The Kier molecular flexibility index (Phi) is 6.85. The molecule has 2 aromatic carbocycles. The number of fused-ring (bicyclic) bond motifs is 1. The van der Waals surface area contributed by atoms with Crippen LogP contribution in [0.3, 0.4) is 0 Å². The molecule has 0 saturated carbocycles. The lowest BCUT2D eigenvalue weighted by Crippen LogP contribution is -2.44. The van der Waals surface area contributed by atoms with Gasteiger partial charge in [-0.05, 0) is 50.7 Å². The van der Waals surface area contributed by atoms with Crippen LogP contribution >= 0.6 is 15.9 Å². The maximum absolute atomic E-state index is 13.8. The molecular weight excluding hydrogens is 513 g/mol. The van der Waals surface area contributed by atoms with E-state index in [1.165, 1.54) is 12.1 Å². The van der Waals surface area contributed by atoms with Crippen molar-refractivity contribution in [2.24, 2.45) is 0 Å². The van der Waals surface area contributed by atoms with E-state index in [1.807, 2.05) is 31.9 Å². The number of rotatable bonds is 4. The zero-order chi connectivity index (χ0) is 24.7. The van der Waals surface area contributed by atoms with Gasteiger partial charge >= 0.3 is 12.2 Å². The summed E-state index contributed by atoms with van der Waals surface area (Å²) in [6.07, 6.45) is -3.86. The van der Waals surface area contributed by atoms with E-state index in [2.05, 4.69) is 31.5 Å². The van der Waals surface area contributed by atoms with Crippen LogP contribution in [0.4, 0.5) is 29.3 Å². The first-order valence-electron chi connectivity index (χ1n) is 11.1. The highest BCUT2D eigenvalue weighted by atomic mass is 79.9. The maximum Gasteiger partial charge on any atom is 0.416 e. The second-order valence-corrected chi connectivity index (χ2v) is 10.3. The largest absolute Gasteiger partial charge is 0.485 e. The van der Waals surface area contributed by atoms with Gasteiger partial charge in [0.15, 0.2) is 0 Å². The number of ether oxygens (including phenoxy) is 1. The van der Waals surface area contributed by atoms with Gasteiger partial charge in [-0.2, -0.15) is 13.2 Å². The number of urea groups is 1. The van der Waals surface area contributed by atoms with Crippen molar-refractivity contribution >= 4 is 33.3 Å². The molecule has 34 heavy (non-hydrogen) atoms. The number of hydrogen-bond donors (Lipinski definition) is 2. The Labute approximate surface area is 205 Å². The van der Waals surface area contributed by atoms with E-state index in [0.29, 0.717) is 30.9 Å². The Morgan fingerprint density at radius 3 is 2.50 bits per heavy atom. The molecule has 2 heterocycles. The standard InChI is InChI=1S/C24H28BrF3N4O2/c1-23(2)13-17-19(25)6-7-20(21(17)34-23)30-22(33)29-16-5-4-15(18(12-16)24(26,27)28)14-32-10-8-31(3)9-11-32/h4-7,12H,8-11,13-14H2,1-3H3,(H2,29,30,33). The maximum atomic E-state index is 13.8. The zero-order valence-corrected chi connectivity index (χ0v) is 20.9. The molecule has 0 aliphatic carbocycles. The van der Waals surface area contributed by atoms with Crippen molar-refractivity contribution in [1.29, 1.82) is 0 Å². The Hall–Kier alpha value is -2.30. The highest BCUT2D eigenvalue weighted by molar-refractivity contribution is 9.10. The van der Waals surface area contributed by atoms with Crippen LogP contribution in [0.15, 0.2) is 34.8 Å². The Morgan fingerprint density at radius 2 is 1.82 bits per heavy atom. The Balaban J connectivity index is 1.49. The summed E-state index contributed by atoms with van der Waals surface area (Å²) in [4.78, 5) is 16.8. The normalized spacial score (nSPS) is 18.3. The summed E-state index contributed by atoms with van der Waals surface area (Å²) in [5, 5.41) is 5.24. The van der Waals surface area contributed by atoms with E-state index in [9.17, 15) is 18.0 Å². The number of halogens is 4. The molecule has 2 amide bonds. The summed E-state index contributed by atoms with van der Waals surface area (Å²) in [7, 11) is 2.00. The highest BCUT2D eigenvalue weighted by Gasteiger charge is 2.35. The molecule has 6 nitrogen and oxygen atoms in total. The molecule has 0 unspecified atom stereocenters. The van der Waals surface area contributed by atoms with Crippen molar-refractivity contribution in [1.82, 2.24) is 9.80 Å². The molecule has 0 aromatic heterocycles. The summed E-state index contributed by atoms with van der Waals surface area (Å²) in [6, 6.07) is 6.82. The summed E-state index contributed by atoms with van der Waals surface area (Å²) in [5.41, 5.74) is 0.518. The molecule has 0 bridgehead atoms. The number of carbonyl (C=O) groups excluding carboxylic acids is 1. The smallest absolute Gasteiger partial charge is 0.416 e. The minimum Gasteiger partial charge on any atom is -0.485 e. The van der Waals surface area contributed by atoms with Gasteiger partial charge in [-0.15, -0.1) is 0 Å². The van der Waals surface area contributed by atoms with Crippen LogP contribution in [0.5, 0.6) is 5.75 Å². The quantitative estimate of drug-likeness (QED) is 0.532. The number of carbonyl (C=O) groups is 1. The molecule has 0 spiro atoms. The van der Waals surface area contributed by atoms with Crippen LogP contribution in [-0.4, -0.2) is 54.7 Å². The second kappa shape index (κ2) is 9.39. The van der Waals surface area contributed by atoms with Gasteiger partial charge < -0.3 is 20.3 Å². The molecule has 184 valence electrons. The van der Waals surface area contributed by atoms with Crippen molar-refractivity contribution in [2.75, 3.05) is 43.9 Å². The first-order valence-corrected chi connectivity index (χ1v) is 11.9. The Bertz CT molecular complexity index is 1080. The third-order valence-electron chi connectivity index (χ3n) is 6.10. The summed E-state index contributed by atoms with van der Waals surface area (Å²) < 4.78 is 48.3.